The smallest absolute Gasteiger partial charge is 0.242 e. The molecule has 0 spiro atoms. The number of nitrogens with one attached hydrogen (secondary N) is 2. The lowest BCUT2D eigenvalue weighted by Crippen LogP contribution is -2.47. The molecule has 2 aliphatic rings. The van der Waals surface area contributed by atoms with Gasteiger partial charge in [0.05, 0.1) is 0 Å². The topological polar surface area (TPSA) is 78.5 Å². The first kappa shape index (κ1) is 16.8. The Balaban J connectivity index is 1.62. The summed E-state index contributed by atoms with van der Waals surface area (Å²) in [5.74, 6) is 0.432. The maximum Gasteiger partial charge on any atom is 0.242 e. The van der Waals surface area contributed by atoms with Crippen LogP contribution in [-0.4, -0.2) is 48.3 Å². The third kappa shape index (κ3) is 5.00. The molecule has 2 N–H and O–H groups in total. The number of carbonyl (C=O) groups is 3. The molecule has 2 fully saturated rings. The van der Waals surface area contributed by atoms with Gasteiger partial charge in [-0.05, 0) is 38.5 Å². The second-order valence-electron chi connectivity index (χ2n) is 6.42. The molecule has 6 heteroatoms. The second kappa shape index (κ2) is 8.15. The Kier molecular flexibility index (Phi) is 6.21. The quantitative estimate of drug-likeness (QED) is 0.730. The first-order valence-corrected chi connectivity index (χ1v) is 8.41. The summed E-state index contributed by atoms with van der Waals surface area (Å²) >= 11 is 0. The largest absolute Gasteiger partial charge is 0.354 e. The van der Waals surface area contributed by atoms with Gasteiger partial charge in [0.1, 0.15) is 6.04 Å². The molecule has 0 aromatic heterocycles. The Morgan fingerprint density at radius 3 is 2.68 bits per heavy atom. The van der Waals surface area contributed by atoms with Crippen molar-refractivity contribution in [3.8, 4) is 0 Å². The van der Waals surface area contributed by atoms with Gasteiger partial charge in [-0.1, -0.05) is 6.42 Å². The molecule has 0 aromatic carbocycles. The van der Waals surface area contributed by atoms with Crippen molar-refractivity contribution >= 4 is 17.7 Å². The lowest BCUT2D eigenvalue weighted by molar-refractivity contribution is -0.134. The van der Waals surface area contributed by atoms with E-state index in [0.29, 0.717) is 25.4 Å². The van der Waals surface area contributed by atoms with Gasteiger partial charge in [-0.25, -0.2) is 0 Å². The maximum atomic E-state index is 11.9. The minimum absolute atomic E-state index is 0.130. The second-order valence-corrected chi connectivity index (χ2v) is 6.42. The zero-order chi connectivity index (χ0) is 15.9. The van der Waals surface area contributed by atoms with E-state index in [1.54, 1.807) is 11.8 Å². The van der Waals surface area contributed by atoms with Gasteiger partial charge in [0.25, 0.3) is 0 Å². The molecular formula is C16H27N3O3. The maximum absolute atomic E-state index is 11.9. The summed E-state index contributed by atoms with van der Waals surface area (Å²) in [5, 5.41) is 5.59. The zero-order valence-corrected chi connectivity index (χ0v) is 13.4. The van der Waals surface area contributed by atoms with E-state index in [-0.39, 0.29) is 24.1 Å². The summed E-state index contributed by atoms with van der Waals surface area (Å²) < 4.78 is 0. The number of hydrogen-bond acceptors (Lipinski definition) is 3. The lowest BCUT2D eigenvalue weighted by atomic mass is 9.85. The van der Waals surface area contributed by atoms with E-state index in [2.05, 4.69) is 10.6 Å². The molecule has 1 heterocycles. The molecule has 0 aromatic rings. The van der Waals surface area contributed by atoms with Crippen LogP contribution in [0.15, 0.2) is 0 Å². The number of likely N-dealkylation sites (tertiary alicyclic amines) is 1. The molecule has 6 nitrogen and oxygen atoms in total. The number of nitrogens with zero attached hydrogens (tertiary/aromatic N) is 1. The highest BCUT2D eigenvalue weighted by molar-refractivity contribution is 5.87. The standard InChI is InChI=1S/C16H27N3O3/c1-12(16(22)17-11-13-5-4-6-13)18-14(20)8-10-19-9-3-2-7-15(19)21/h12-13H,2-11H2,1H3,(H,17,22)(H,18,20)/t12-/m1/s1. The van der Waals surface area contributed by atoms with Crippen molar-refractivity contribution in [2.75, 3.05) is 19.6 Å². The average molecular weight is 309 g/mol. The minimum Gasteiger partial charge on any atom is -0.354 e. The molecule has 1 saturated heterocycles. The molecule has 3 amide bonds. The summed E-state index contributed by atoms with van der Waals surface area (Å²) in [5.41, 5.74) is 0. The fourth-order valence-corrected chi connectivity index (χ4v) is 2.81. The van der Waals surface area contributed by atoms with Crippen LogP contribution < -0.4 is 10.6 Å². The van der Waals surface area contributed by atoms with Crippen molar-refractivity contribution in [1.29, 1.82) is 0 Å². The van der Waals surface area contributed by atoms with E-state index in [9.17, 15) is 14.4 Å². The number of piperidine rings is 1. The number of amides is 3. The van der Waals surface area contributed by atoms with Gasteiger partial charge in [-0.3, -0.25) is 14.4 Å². The zero-order valence-electron chi connectivity index (χ0n) is 13.4. The Morgan fingerprint density at radius 2 is 2.05 bits per heavy atom. The highest BCUT2D eigenvalue weighted by atomic mass is 16.2. The van der Waals surface area contributed by atoms with Gasteiger partial charge in [0.15, 0.2) is 0 Å². The Bertz CT molecular complexity index is 421. The number of hydrogen-bond donors (Lipinski definition) is 2. The van der Waals surface area contributed by atoms with E-state index >= 15 is 0 Å². The van der Waals surface area contributed by atoms with Gasteiger partial charge in [0.2, 0.25) is 17.7 Å². The highest BCUT2D eigenvalue weighted by Gasteiger charge is 2.22. The van der Waals surface area contributed by atoms with E-state index < -0.39 is 6.04 Å². The summed E-state index contributed by atoms with van der Waals surface area (Å²) in [7, 11) is 0. The van der Waals surface area contributed by atoms with Crippen LogP contribution >= 0.6 is 0 Å². The lowest BCUT2D eigenvalue weighted by Gasteiger charge is -2.27. The van der Waals surface area contributed by atoms with Crippen molar-refractivity contribution in [2.24, 2.45) is 5.92 Å². The van der Waals surface area contributed by atoms with Crippen molar-refractivity contribution in [3.63, 3.8) is 0 Å². The number of carbonyl (C=O) groups excluding carboxylic acids is 3. The molecule has 1 atom stereocenters. The first-order chi connectivity index (χ1) is 10.6. The normalized spacial score (nSPS) is 20.2. The molecule has 1 aliphatic carbocycles. The van der Waals surface area contributed by atoms with Crippen LogP contribution in [-0.2, 0) is 14.4 Å². The highest BCUT2D eigenvalue weighted by Crippen LogP contribution is 2.25. The molecular weight excluding hydrogens is 282 g/mol. The SMILES string of the molecule is C[C@@H](NC(=O)CCN1CCCCC1=O)C(=O)NCC1CCC1. The molecule has 2 rings (SSSR count). The van der Waals surface area contributed by atoms with E-state index in [1.165, 1.54) is 19.3 Å². The van der Waals surface area contributed by atoms with Crippen molar-refractivity contribution in [1.82, 2.24) is 15.5 Å². The van der Waals surface area contributed by atoms with E-state index in [0.717, 1.165) is 19.4 Å². The van der Waals surface area contributed by atoms with Gasteiger partial charge >= 0.3 is 0 Å². The fraction of sp³-hybridized carbons (Fsp3) is 0.812. The van der Waals surface area contributed by atoms with Crippen LogP contribution in [0.4, 0.5) is 0 Å². The van der Waals surface area contributed by atoms with Gasteiger partial charge < -0.3 is 15.5 Å². The Hall–Kier alpha value is -1.59. The predicted octanol–water partition coefficient (Wildman–Crippen LogP) is 0.810. The van der Waals surface area contributed by atoms with Gasteiger partial charge in [-0.2, -0.15) is 0 Å². The minimum atomic E-state index is -0.523. The summed E-state index contributed by atoms with van der Waals surface area (Å²) in [4.78, 5) is 37.2. The molecule has 1 aliphatic heterocycles. The molecule has 0 unspecified atom stereocenters. The number of rotatable bonds is 7. The van der Waals surface area contributed by atoms with Crippen LogP contribution in [0.25, 0.3) is 0 Å². The van der Waals surface area contributed by atoms with Gasteiger partial charge in [0, 0.05) is 32.5 Å². The van der Waals surface area contributed by atoms with Crippen LogP contribution in [0.5, 0.6) is 0 Å². The summed E-state index contributed by atoms with van der Waals surface area (Å²) in [6.07, 6.45) is 6.42. The predicted molar refractivity (Wildman–Crippen MR) is 83.0 cm³/mol. The van der Waals surface area contributed by atoms with Crippen molar-refractivity contribution in [2.45, 2.75) is 57.9 Å². The third-order valence-electron chi connectivity index (χ3n) is 4.59. The van der Waals surface area contributed by atoms with Crippen LogP contribution in [0.1, 0.15) is 51.9 Å². The van der Waals surface area contributed by atoms with Crippen LogP contribution in [0.2, 0.25) is 0 Å². The molecule has 124 valence electrons. The van der Waals surface area contributed by atoms with Gasteiger partial charge in [-0.15, -0.1) is 0 Å². The summed E-state index contributed by atoms with van der Waals surface area (Å²) in [6, 6.07) is -0.523. The van der Waals surface area contributed by atoms with Crippen LogP contribution in [0.3, 0.4) is 0 Å². The van der Waals surface area contributed by atoms with Crippen molar-refractivity contribution in [3.05, 3.63) is 0 Å². The fourth-order valence-electron chi connectivity index (χ4n) is 2.81. The third-order valence-corrected chi connectivity index (χ3v) is 4.59. The Morgan fingerprint density at radius 1 is 1.27 bits per heavy atom. The molecule has 1 saturated carbocycles. The monoisotopic (exact) mass is 309 g/mol. The average Bonchev–Trinajstić information content (AvgIpc) is 2.44. The first-order valence-electron chi connectivity index (χ1n) is 8.41. The van der Waals surface area contributed by atoms with Crippen LogP contribution in [0, 0.1) is 5.92 Å². The molecule has 0 radical (unpaired) electrons. The van der Waals surface area contributed by atoms with E-state index in [1.807, 2.05) is 0 Å². The molecule has 22 heavy (non-hydrogen) atoms. The molecule has 0 bridgehead atoms. The summed E-state index contributed by atoms with van der Waals surface area (Å²) in [6.45, 7) is 3.59. The Labute approximate surface area is 132 Å². The van der Waals surface area contributed by atoms with E-state index in [4.69, 9.17) is 0 Å². The van der Waals surface area contributed by atoms with Crippen molar-refractivity contribution < 1.29 is 14.4 Å².